The lowest BCUT2D eigenvalue weighted by atomic mass is 9.96. The Hall–Kier alpha value is -0.610. The molecule has 0 bridgehead atoms. The third-order valence-electron chi connectivity index (χ3n) is 2.29. The maximum Gasteiger partial charge on any atom is 0.252 e. The monoisotopic (exact) mass is 214 g/mol. The number of hydrogen-bond donors (Lipinski definition) is 1. The molecule has 0 spiro atoms. The smallest absolute Gasteiger partial charge is 0.252 e. The van der Waals surface area contributed by atoms with Crippen molar-refractivity contribution in [2.75, 3.05) is 33.3 Å². The van der Waals surface area contributed by atoms with Gasteiger partial charge in [0.2, 0.25) is 0 Å². The summed E-state index contributed by atoms with van der Waals surface area (Å²) in [6.45, 7) is 9.22. The van der Waals surface area contributed by atoms with E-state index in [1.165, 1.54) is 0 Å². The second kappa shape index (κ2) is 4.94. The standard InChI is InChI=1S/C11H22N2O2/c1-11(2,3)8-13(4)10(14)9-7-12-5-6-15-9/h9,12H,5-8H2,1-4H3/t9-/m1/s1. The molecule has 0 radical (unpaired) electrons. The van der Waals surface area contributed by atoms with Crippen molar-refractivity contribution >= 4 is 5.91 Å². The number of nitrogens with one attached hydrogen (secondary N) is 1. The van der Waals surface area contributed by atoms with Crippen molar-refractivity contribution in [2.45, 2.75) is 26.9 Å². The van der Waals surface area contributed by atoms with Crippen molar-refractivity contribution in [1.29, 1.82) is 0 Å². The van der Waals surface area contributed by atoms with E-state index in [-0.39, 0.29) is 17.4 Å². The van der Waals surface area contributed by atoms with Crippen LogP contribution in [0.4, 0.5) is 0 Å². The number of ether oxygens (including phenoxy) is 1. The molecule has 1 heterocycles. The molecular formula is C11H22N2O2. The Morgan fingerprint density at radius 2 is 2.20 bits per heavy atom. The molecule has 0 saturated carbocycles. The molecule has 1 aliphatic rings. The summed E-state index contributed by atoms with van der Waals surface area (Å²) in [6, 6.07) is 0. The average molecular weight is 214 g/mol. The minimum absolute atomic E-state index is 0.0807. The maximum atomic E-state index is 11.9. The molecular weight excluding hydrogens is 192 g/mol. The molecule has 4 heteroatoms. The van der Waals surface area contributed by atoms with Crippen LogP contribution in [0.3, 0.4) is 0 Å². The quantitative estimate of drug-likeness (QED) is 0.727. The second-order valence-electron chi connectivity index (χ2n) is 5.32. The van der Waals surface area contributed by atoms with Gasteiger partial charge in [-0.05, 0) is 5.41 Å². The largest absolute Gasteiger partial charge is 0.366 e. The molecule has 4 nitrogen and oxygen atoms in total. The van der Waals surface area contributed by atoms with Crippen LogP contribution in [0.5, 0.6) is 0 Å². The molecule has 1 fully saturated rings. The molecule has 1 rings (SSSR count). The average Bonchev–Trinajstić information content (AvgIpc) is 2.15. The predicted molar refractivity (Wildman–Crippen MR) is 59.7 cm³/mol. The number of likely N-dealkylation sites (N-methyl/N-ethyl adjacent to an activating group) is 1. The minimum Gasteiger partial charge on any atom is -0.366 e. The van der Waals surface area contributed by atoms with Gasteiger partial charge >= 0.3 is 0 Å². The fourth-order valence-corrected chi connectivity index (χ4v) is 1.76. The summed E-state index contributed by atoms with van der Waals surface area (Å²) in [4.78, 5) is 13.7. The van der Waals surface area contributed by atoms with Gasteiger partial charge in [0.1, 0.15) is 6.10 Å². The maximum absolute atomic E-state index is 11.9. The van der Waals surface area contributed by atoms with E-state index in [1.807, 2.05) is 7.05 Å². The lowest BCUT2D eigenvalue weighted by Gasteiger charge is -2.31. The Morgan fingerprint density at radius 1 is 1.53 bits per heavy atom. The zero-order valence-corrected chi connectivity index (χ0v) is 10.2. The molecule has 0 aromatic carbocycles. The summed E-state index contributed by atoms with van der Waals surface area (Å²) in [6.07, 6.45) is -0.300. The summed E-state index contributed by atoms with van der Waals surface area (Å²) in [5.74, 6) is 0.0807. The Bertz CT molecular complexity index is 217. The molecule has 0 aromatic rings. The Morgan fingerprint density at radius 3 is 2.67 bits per heavy atom. The molecule has 88 valence electrons. The van der Waals surface area contributed by atoms with E-state index in [2.05, 4.69) is 26.1 Å². The van der Waals surface area contributed by atoms with E-state index in [0.717, 1.165) is 13.1 Å². The second-order valence-corrected chi connectivity index (χ2v) is 5.32. The summed E-state index contributed by atoms with van der Waals surface area (Å²) in [5.41, 5.74) is 0.131. The number of carbonyl (C=O) groups is 1. The van der Waals surface area contributed by atoms with Crippen molar-refractivity contribution in [3.63, 3.8) is 0 Å². The van der Waals surface area contributed by atoms with Crippen LogP contribution in [0.25, 0.3) is 0 Å². The SMILES string of the molecule is CN(CC(C)(C)C)C(=O)[C@H]1CNCCO1. The van der Waals surface area contributed by atoms with E-state index in [1.54, 1.807) is 4.90 Å². The zero-order valence-electron chi connectivity index (χ0n) is 10.2. The van der Waals surface area contributed by atoms with Crippen LogP contribution in [0, 0.1) is 5.41 Å². The normalized spacial score (nSPS) is 22.5. The molecule has 1 amide bonds. The summed E-state index contributed by atoms with van der Waals surface area (Å²) in [5, 5.41) is 3.16. The first-order valence-corrected chi connectivity index (χ1v) is 5.47. The van der Waals surface area contributed by atoms with Gasteiger partial charge in [0.05, 0.1) is 6.61 Å². The van der Waals surface area contributed by atoms with Crippen molar-refractivity contribution in [3.05, 3.63) is 0 Å². The highest BCUT2D eigenvalue weighted by atomic mass is 16.5. The lowest BCUT2D eigenvalue weighted by molar-refractivity contribution is -0.145. The molecule has 15 heavy (non-hydrogen) atoms. The van der Waals surface area contributed by atoms with Crippen molar-refractivity contribution in [2.24, 2.45) is 5.41 Å². The molecule has 1 aliphatic heterocycles. The van der Waals surface area contributed by atoms with E-state index >= 15 is 0 Å². The van der Waals surface area contributed by atoms with E-state index in [0.29, 0.717) is 13.2 Å². The van der Waals surface area contributed by atoms with Gasteiger partial charge in [-0.3, -0.25) is 4.79 Å². The first kappa shape index (κ1) is 12.5. The van der Waals surface area contributed by atoms with Crippen molar-refractivity contribution in [1.82, 2.24) is 10.2 Å². The Labute approximate surface area is 92.0 Å². The van der Waals surface area contributed by atoms with Gasteiger partial charge in [-0.25, -0.2) is 0 Å². The first-order valence-electron chi connectivity index (χ1n) is 5.47. The number of nitrogens with zero attached hydrogens (tertiary/aromatic N) is 1. The van der Waals surface area contributed by atoms with Gasteiger partial charge in [-0.15, -0.1) is 0 Å². The summed E-state index contributed by atoms with van der Waals surface area (Å²) in [7, 11) is 1.84. The van der Waals surface area contributed by atoms with Gasteiger partial charge in [0.25, 0.3) is 5.91 Å². The number of hydrogen-bond acceptors (Lipinski definition) is 3. The van der Waals surface area contributed by atoms with Crippen LogP contribution in [-0.2, 0) is 9.53 Å². The van der Waals surface area contributed by atoms with E-state index < -0.39 is 0 Å². The Kier molecular flexibility index (Phi) is 4.11. The summed E-state index contributed by atoms with van der Waals surface area (Å²) >= 11 is 0. The minimum atomic E-state index is -0.300. The molecule has 1 saturated heterocycles. The zero-order chi connectivity index (χ0) is 11.5. The van der Waals surface area contributed by atoms with Crippen LogP contribution in [0.2, 0.25) is 0 Å². The van der Waals surface area contributed by atoms with Gasteiger partial charge in [0, 0.05) is 26.7 Å². The van der Waals surface area contributed by atoms with Gasteiger partial charge in [0.15, 0.2) is 0 Å². The molecule has 0 aromatic heterocycles. The molecule has 0 unspecified atom stereocenters. The van der Waals surface area contributed by atoms with Gasteiger partial charge < -0.3 is 15.0 Å². The van der Waals surface area contributed by atoms with Crippen LogP contribution in [0.15, 0.2) is 0 Å². The van der Waals surface area contributed by atoms with Crippen LogP contribution in [-0.4, -0.2) is 50.2 Å². The number of morpholine rings is 1. The van der Waals surface area contributed by atoms with Crippen molar-refractivity contribution in [3.8, 4) is 0 Å². The molecule has 1 atom stereocenters. The number of carbonyl (C=O) groups excluding carboxylic acids is 1. The van der Waals surface area contributed by atoms with Crippen LogP contribution >= 0.6 is 0 Å². The third kappa shape index (κ3) is 4.18. The van der Waals surface area contributed by atoms with E-state index in [4.69, 9.17) is 4.74 Å². The fraction of sp³-hybridized carbons (Fsp3) is 0.909. The molecule has 0 aliphatic carbocycles. The number of amides is 1. The highest BCUT2D eigenvalue weighted by Gasteiger charge is 2.26. The third-order valence-corrected chi connectivity index (χ3v) is 2.29. The van der Waals surface area contributed by atoms with Crippen LogP contribution < -0.4 is 5.32 Å². The van der Waals surface area contributed by atoms with Crippen molar-refractivity contribution < 1.29 is 9.53 Å². The van der Waals surface area contributed by atoms with Crippen LogP contribution in [0.1, 0.15) is 20.8 Å². The lowest BCUT2D eigenvalue weighted by Crippen LogP contribution is -2.49. The highest BCUT2D eigenvalue weighted by molar-refractivity contribution is 5.81. The fourth-order valence-electron chi connectivity index (χ4n) is 1.76. The van der Waals surface area contributed by atoms with Gasteiger partial charge in [-0.1, -0.05) is 20.8 Å². The summed E-state index contributed by atoms with van der Waals surface area (Å²) < 4.78 is 5.42. The highest BCUT2D eigenvalue weighted by Crippen LogP contribution is 2.15. The predicted octanol–water partition coefficient (Wildman–Crippen LogP) is 0.479. The van der Waals surface area contributed by atoms with Gasteiger partial charge in [-0.2, -0.15) is 0 Å². The first-order chi connectivity index (χ1) is 6.90. The Balaban J connectivity index is 2.44. The number of rotatable bonds is 2. The molecule has 1 N–H and O–H groups in total. The topological polar surface area (TPSA) is 41.6 Å². The van der Waals surface area contributed by atoms with E-state index in [9.17, 15) is 4.79 Å².